The highest BCUT2D eigenvalue weighted by atomic mass is 16.5. The number of nitrogens with one attached hydrogen (secondary N) is 2. The van der Waals surface area contributed by atoms with Gasteiger partial charge >= 0.3 is 5.97 Å². The number of rotatable bonds is 7. The standard InChI is InChI=1S/C26H28N6O3/c1-15(2)35-26(34)21-10-9-19(11-16(21)3)25(33)30-20-8-6-7-18(12-20)17(4)29-23-14-27-22-13-28-32(5)24(22)31-23/h6-15,17H,1-5H3,(H,29,31)(H,30,33)/t17-/m0/s1. The number of amides is 1. The molecule has 0 radical (unpaired) electrons. The molecule has 2 heterocycles. The van der Waals surface area contributed by atoms with Crippen molar-refractivity contribution in [2.24, 2.45) is 7.05 Å². The van der Waals surface area contributed by atoms with Gasteiger partial charge in [0.25, 0.3) is 5.91 Å². The summed E-state index contributed by atoms with van der Waals surface area (Å²) >= 11 is 0. The van der Waals surface area contributed by atoms with Gasteiger partial charge < -0.3 is 15.4 Å². The van der Waals surface area contributed by atoms with Crippen LogP contribution < -0.4 is 10.6 Å². The fraction of sp³-hybridized carbons (Fsp3) is 0.269. The van der Waals surface area contributed by atoms with E-state index in [0.717, 1.165) is 11.1 Å². The second-order valence-electron chi connectivity index (χ2n) is 8.66. The Morgan fingerprint density at radius 2 is 1.86 bits per heavy atom. The van der Waals surface area contributed by atoms with E-state index in [-0.39, 0.29) is 18.1 Å². The van der Waals surface area contributed by atoms with Gasteiger partial charge in [0.1, 0.15) is 11.3 Å². The number of fused-ring (bicyclic) bond motifs is 1. The van der Waals surface area contributed by atoms with Gasteiger partial charge in [0, 0.05) is 18.3 Å². The van der Waals surface area contributed by atoms with E-state index < -0.39 is 5.97 Å². The number of benzene rings is 2. The highest BCUT2D eigenvalue weighted by Gasteiger charge is 2.16. The minimum absolute atomic E-state index is 0.0830. The van der Waals surface area contributed by atoms with Gasteiger partial charge in [0.15, 0.2) is 5.65 Å². The smallest absolute Gasteiger partial charge is 0.338 e. The molecule has 0 saturated heterocycles. The molecular formula is C26H28N6O3. The first kappa shape index (κ1) is 23.9. The molecule has 9 heteroatoms. The topological polar surface area (TPSA) is 111 Å². The molecule has 2 N–H and O–H groups in total. The van der Waals surface area contributed by atoms with Crippen molar-refractivity contribution in [3.8, 4) is 0 Å². The maximum atomic E-state index is 12.9. The van der Waals surface area contributed by atoms with Crippen molar-refractivity contribution in [1.82, 2.24) is 19.7 Å². The number of aromatic nitrogens is 4. The van der Waals surface area contributed by atoms with E-state index in [4.69, 9.17) is 4.74 Å². The number of hydrogen-bond donors (Lipinski definition) is 2. The number of ether oxygens (including phenoxy) is 1. The molecular weight excluding hydrogens is 444 g/mol. The minimum Gasteiger partial charge on any atom is -0.459 e. The van der Waals surface area contributed by atoms with Crippen molar-refractivity contribution in [3.63, 3.8) is 0 Å². The molecule has 0 fully saturated rings. The maximum Gasteiger partial charge on any atom is 0.338 e. The van der Waals surface area contributed by atoms with Crippen LogP contribution in [0.1, 0.15) is 58.7 Å². The van der Waals surface area contributed by atoms with Gasteiger partial charge in [0.05, 0.1) is 30.1 Å². The van der Waals surface area contributed by atoms with E-state index in [1.165, 1.54) is 0 Å². The monoisotopic (exact) mass is 472 g/mol. The molecule has 1 atom stereocenters. The van der Waals surface area contributed by atoms with Crippen molar-refractivity contribution in [1.29, 1.82) is 0 Å². The van der Waals surface area contributed by atoms with Gasteiger partial charge in [-0.3, -0.25) is 4.79 Å². The number of carbonyl (C=O) groups is 2. The van der Waals surface area contributed by atoms with Gasteiger partial charge in [-0.25, -0.2) is 19.4 Å². The lowest BCUT2D eigenvalue weighted by molar-refractivity contribution is 0.0377. The molecule has 0 bridgehead atoms. The fourth-order valence-corrected chi connectivity index (χ4v) is 3.69. The van der Waals surface area contributed by atoms with Gasteiger partial charge in [0.2, 0.25) is 0 Å². The van der Waals surface area contributed by atoms with Crippen LogP contribution in [-0.2, 0) is 11.8 Å². The zero-order valence-electron chi connectivity index (χ0n) is 20.4. The number of carbonyl (C=O) groups excluding carboxylic acids is 2. The van der Waals surface area contributed by atoms with E-state index >= 15 is 0 Å². The molecule has 0 aliphatic carbocycles. The summed E-state index contributed by atoms with van der Waals surface area (Å²) in [7, 11) is 1.82. The molecule has 0 saturated carbocycles. The van der Waals surface area contributed by atoms with Gasteiger partial charge in [-0.15, -0.1) is 0 Å². The summed E-state index contributed by atoms with van der Waals surface area (Å²) in [5.41, 5.74) is 4.65. The molecule has 2 aromatic heterocycles. The van der Waals surface area contributed by atoms with E-state index in [9.17, 15) is 9.59 Å². The van der Waals surface area contributed by atoms with Gasteiger partial charge in [-0.05, 0) is 69.2 Å². The third kappa shape index (κ3) is 5.46. The van der Waals surface area contributed by atoms with Crippen LogP contribution in [0.3, 0.4) is 0 Å². The SMILES string of the molecule is Cc1cc(C(=O)Nc2cccc([C@H](C)Nc3cnc4cnn(C)c4n3)c2)ccc1C(=O)OC(C)C. The second kappa shape index (κ2) is 9.92. The van der Waals surface area contributed by atoms with Gasteiger partial charge in [-0.2, -0.15) is 5.10 Å². The Labute approximate surface area is 203 Å². The molecule has 1 amide bonds. The summed E-state index contributed by atoms with van der Waals surface area (Å²) in [4.78, 5) is 34.0. The predicted octanol–water partition coefficient (Wildman–Crippen LogP) is 4.66. The Balaban J connectivity index is 1.45. The summed E-state index contributed by atoms with van der Waals surface area (Å²) in [6.45, 7) is 7.39. The molecule has 4 aromatic rings. The van der Waals surface area contributed by atoms with Crippen molar-refractivity contribution >= 4 is 34.5 Å². The average molecular weight is 473 g/mol. The van der Waals surface area contributed by atoms with Crippen LogP contribution in [0, 0.1) is 6.92 Å². The molecule has 0 unspecified atom stereocenters. The fourth-order valence-electron chi connectivity index (χ4n) is 3.69. The zero-order valence-corrected chi connectivity index (χ0v) is 20.4. The minimum atomic E-state index is -0.397. The first-order valence-electron chi connectivity index (χ1n) is 11.4. The molecule has 2 aromatic carbocycles. The van der Waals surface area contributed by atoms with Crippen molar-refractivity contribution < 1.29 is 14.3 Å². The Hall–Kier alpha value is -4.27. The summed E-state index contributed by atoms with van der Waals surface area (Å²) in [6, 6.07) is 12.5. The summed E-state index contributed by atoms with van der Waals surface area (Å²) in [5.74, 6) is -0.0253. The number of nitrogens with zero attached hydrogens (tertiary/aromatic N) is 4. The van der Waals surface area contributed by atoms with E-state index in [1.807, 2.05) is 38.2 Å². The molecule has 9 nitrogen and oxygen atoms in total. The third-order valence-electron chi connectivity index (χ3n) is 5.50. The first-order chi connectivity index (χ1) is 16.7. The van der Waals surface area contributed by atoms with E-state index in [2.05, 4.69) is 25.7 Å². The Morgan fingerprint density at radius 3 is 2.60 bits per heavy atom. The maximum absolute atomic E-state index is 12.9. The lowest BCUT2D eigenvalue weighted by Gasteiger charge is -2.16. The number of anilines is 2. The van der Waals surface area contributed by atoms with Crippen LogP contribution in [0.5, 0.6) is 0 Å². The first-order valence-corrected chi connectivity index (χ1v) is 11.4. The van der Waals surface area contributed by atoms with Crippen molar-refractivity contribution in [2.45, 2.75) is 39.8 Å². The third-order valence-corrected chi connectivity index (χ3v) is 5.50. The second-order valence-corrected chi connectivity index (χ2v) is 8.66. The lowest BCUT2D eigenvalue weighted by Crippen LogP contribution is -2.15. The predicted molar refractivity (Wildman–Crippen MR) is 134 cm³/mol. The van der Waals surface area contributed by atoms with Gasteiger partial charge in [-0.1, -0.05) is 12.1 Å². The van der Waals surface area contributed by atoms with E-state index in [1.54, 1.807) is 56.0 Å². The molecule has 4 rings (SSSR count). The summed E-state index contributed by atoms with van der Waals surface area (Å²) in [6.07, 6.45) is 3.14. The molecule has 0 aliphatic rings. The highest BCUT2D eigenvalue weighted by molar-refractivity contribution is 6.05. The molecule has 0 spiro atoms. The Morgan fingerprint density at radius 1 is 1.06 bits per heavy atom. The summed E-state index contributed by atoms with van der Waals surface area (Å²) in [5, 5.41) is 10.4. The molecule has 0 aliphatic heterocycles. The van der Waals surface area contributed by atoms with Crippen LogP contribution in [0.2, 0.25) is 0 Å². The van der Waals surface area contributed by atoms with E-state index in [0.29, 0.717) is 33.8 Å². The normalized spacial score (nSPS) is 11.9. The number of esters is 1. The van der Waals surface area contributed by atoms with Crippen LogP contribution in [0.25, 0.3) is 11.2 Å². The summed E-state index contributed by atoms with van der Waals surface area (Å²) < 4.78 is 6.93. The zero-order chi connectivity index (χ0) is 25.1. The van der Waals surface area contributed by atoms with Crippen LogP contribution in [-0.4, -0.2) is 37.7 Å². The average Bonchev–Trinajstić information content (AvgIpc) is 3.18. The van der Waals surface area contributed by atoms with Crippen molar-refractivity contribution in [3.05, 3.63) is 77.1 Å². The quantitative estimate of drug-likeness (QED) is 0.376. The largest absolute Gasteiger partial charge is 0.459 e. The van der Waals surface area contributed by atoms with Crippen LogP contribution in [0.15, 0.2) is 54.9 Å². The van der Waals surface area contributed by atoms with Crippen LogP contribution in [0.4, 0.5) is 11.5 Å². The number of aryl methyl sites for hydroxylation is 2. The van der Waals surface area contributed by atoms with Crippen molar-refractivity contribution in [2.75, 3.05) is 10.6 Å². The Bertz CT molecular complexity index is 1400. The molecule has 35 heavy (non-hydrogen) atoms. The number of hydrogen-bond acceptors (Lipinski definition) is 7. The highest BCUT2D eigenvalue weighted by Crippen LogP contribution is 2.22. The van der Waals surface area contributed by atoms with Crippen LogP contribution >= 0.6 is 0 Å². The Kier molecular flexibility index (Phi) is 6.77. The molecule has 180 valence electrons. The lowest BCUT2D eigenvalue weighted by atomic mass is 10.0.